The van der Waals surface area contributed by atoms with E-state index in [4.69, 9.17) is 11.1 Å². The number of allylic oxidation sites excluding steroid dienone is 1. The minimum absolute atomic E-state index is 0.0361. The monoisotopic (exact) mass is 515 g/mol. The summed E-state index contributed by atoms with van der Waals surface area (Å²) in [5.41, 5.74) is 6.23. The molecule has 0 aromatic carbocycles. The van der Waals surface area contributed by atoms with Gasteiger partial charge in [0.1, 0.15) is 16.5 Å². The van der Waals surface area contributed by atoms with Crippen LogP contribution in [0.1, 0.15) is 39.0 Å². The Balaban J connectivity index is 1.38. The van der Waals surface area contributed by atoms with Gasteiger partial charge >= 0.3 is 0 Å². The second kappa shape index (κ2) is 9.21. The SMILES string of the molecule is C/C(N)=C/C(=N)Nc1nc(N[C@@H]2C[C@H]3CCC[C@@H](C2)N3S(=O)(=O)c2nccn2C)nc2sccc12. The van der Waals surface area contributed by atoms with Crippen LogP contribution in [0.25, 0.3) is 10.2 Å². The fraction of sp³-hybridized carbons (Fsp3) is 0.455. The molecular formula is C22H29N9O2S2. The highest BCUT2D eigenvalue weighted by atomic mass is 32.2. The molecule has 3 atom stereocenters. The Labute approximate surface area is 208 Å². The van der Waals surface area contributed by atoms with Gasteiger partial charge in [-0.05, 0) is 50.1 Å². The fourth-order valence-electron chi connectivity index (χ4n) is 5.13. The van der Waals surface area contributed by atoms with E-state index in [2.05, 4.69) is 25.6 Å². The summed E-state index contributed by atoms with van der Waals surface area (Å²) in [6, 6.07) is 1.75. The Hall–Kier alpha value is -3.03. The van der Waals surface area contributed by atoms with Gasteiger partial charge in [-0.3, -0.25) is 5.41 Å². The number of nitrogens with one attached hydrogen (secondary N) is 3. The fourth-order valence-corrected chi connectivity index (χ4v) is 7.87. The number of anilines is 2. The maximum Gasteiger partial charge on any atom is 0.277 e. The molecule has 3 aromatic heterocycles. The number of aryl methyl sites for hydroxylation is 1. The highest BCUT2D eigenvalue weighted by Crippen LogP contribution is 2.39. The molecule has 3 aromatic rings. The number of hydrogen-bond acceptors (Lipinski definition) is 9. The zero-order valence-electron chi connectivity index (χ0n) is 19.6. The number of sulfonamides is 1. The van der Waals surface area contributed by atoms with Gasteiger partial charge in [-0.1, -0.05) is 6.42 Å². The van der Waals surface area contributed by atoms with Crippen molar-refractivity contribution in [3.63, 3.8) is 0 Å². The van der Waals surface area contributed by atoms with Crippen LogP contribution in [0.5, 0.6) is 0 Å². The van der Waals surface area contributed by atoms with Gasteiger partial charge in [0.25, 0.3) is 10.0 Å². The van der Waals surface area contributed by atoms with Crippen LogP contribution < -0.4 is 16.4 Å². The van der Waals surface area contributed by atoms with E-state index in [0.717, 1.165) is 29.5 Å². The highest BCUT2D eigenvalue weighted by molar-refractivity contribution is 7.89. The van der Waals surface area contributed by atoms with Crippen LogP contribution in [0.4, 0.5) is 11.8 Å². The highest BCUT2D eigenvalue weighted by Gasteiger charge is 2.46. The minimum Gasteiger partial charge on any atom is -0.402 e. The number of nitrogens with zero attached hydrogens (tertiary/aromatic N) is 5. The van der Waals surface area contributed by atoms with Crippen molar-refractivity contribution in [2.75, 3.05) is 10.6 Å². The van der Waals surface area contributed by atoms with Crippen molar-refractivity contribution in [2.24, 2.45) is 12.8 Å². The van der Waals surface area contributed by atoms with Crippen molar-refractivity contribution >= 4 is 49.2 Å². The normalized spacial score (nSPS) is 23.4. The van der Waals surface area contributed by atoms with Gasteiger partial charge in [0.15, 0.2) is 0 Å². The largest absolute Gasteiger partial charge is 0.402 e. The molecule has 5 rings (SSSR count). The Kier molecular flexibility index (Phi) is 6.23. The number of hydrogen-bond donors (Lipinski definition) is 4. The van der Waals surface area contributed by atoms with Gasteiger partial charge in [0, 0.05) is 43.3 Å². The lowest BCUT2D eigenvalue weighted by atomic mass is 9.84. The van der Waals surface area contributed by atoms with Gasteiger partial charge in [-0.2, -0.15) is 9.29 Å². The lowest BCUT2D eigenvalue weighted by molar-refractivity contribution is 0.115. The second-order valence-corrected chi connectivity index (χ2v) is 11.8. The number of piperidine rings is 2. The molecule has 35 heavy (non-hydrogen) atoms. The molecule has 0 radical (unpaired) electrons. The first-order valence-electron chi connectivity index (χ1n) is 11.5. The van der Waals surface area contributed by atoms with E-state index in [9.17, 15) is 8.42 Å². The summed E-state index contributed by atoms with van der Waals surface area (Å²) in [4.78, 5) is 14.2. The summed E-state index contributed by atoms with van der Waals surface area (Å²) in [7, 11) is -1.97. The molecule has 186 valence electrons. The summed E-state index contributed by atoms with van der Waals surface area (Å²) in [5, 5.41) is 17.5. The van der Waals surface area contributed by atoms with E-state index < -0.39 is 10.0 Å². The van der Waals surface area contributed by atoms with Gasteiger partial charge in [0.05, 0.1) is 5.39 Å². The lowest BCUT2D eigenvalue weighted by Gasteiger charge is -2.47. The standard InChI is InChI=1S/C22H29N9O2S2/c1-13(23)10-18(24)27-19-17-6-9-34-20(17)29-21(28-19)26-14-11-15-4-3-5-16(12-14)31(15)35(32,33)22-25-7-8-30(22)2/h6-10,14-16H,3-5,11-12,23H2,1-2H3,(H3,24,26,27,28,29)/b13-10-/t14-,15-,16+. The number of rotatable bonds is 6. The van der Waals surface area contributed by atoms with Crippen LogP contribution in [0.15, 0.2) is 40.8 Å². The third kappa shape index (κ3) is 4.62. The quantitative estimate of drug-likeness (QED) is 0.288. The zero-order valence-corrected chi connectivity index (χ0v) is 21.2. The summed E-state index contributed by atoms with van der Waals surface area (Å²) in [5.74, 6) is 1.15. The molecule has 0 aliphatic carbocycles. The molecule has 5 heterocycles. The second-order valence-electron chi connectivity index (χ2n) is 9.17. The Bertz CT molecular complexity index is 1380. The van der Waals surface area contributed by atoms with E-state index in [1.165, 1.54) is 23.6 Å². The first-order chi connectivity index (χ1) is 16.7. The minimum atomic E-state index is -3.68. The topological polar surface area (TPSA) is 155 Å². The first kappa shape index (κ1) is 23.7. The van der Waals surface area contributed by atoms with Gasteiger partial charge in [-0.15, -0.1) is 11.3 Å². The van der Waals surface area contributed by atoms with Crippen LogP contribution >= 0.6 is 11.3 Å². The van der Waals surface area contributed by atoms with E-state index in [0.29, 0.717) is 30.3 Å². The molecule has 2 fully saturated rings. The van der Waals surface area contributed by atoms with Crippen molar-refractivity contribution in [3.8, 4) is 0 Å². The molecule has 13 heteroatoms. The van der Waals surface area contributed by atoms with Crippen molar-refractivity contribution in [3.05, 3.63) is 35.6 Å². The predicted octanol–water partition coefficient (Wildman–Crippen LogP) is 2.86. The van der Waals surface area contributed by atoms with Crippen molar-refractivity contribution in [2.45, 2.75) is 62.3 Å². The van der Waals surface area contributed by atoms with Gasteiger partial charge in [-0.25, -0.2) is 18.4 Å². The maximum absolute atomic E-state index is 13.4. The molecule has 2 aliphatic rings. The molecule has 0 amide bonds. The smallest absolute Gasteiger partial charge is 0.277 e. The third-order valence-electron chi connectivity index (χ3n) is 6.48. The van der Waals surface area contributed by atoms with Crippen LogP contribution in [-0.4, -0.2) is 56.2 Å². The Morgan fingerprint density at radius 2 is 2.03 bits per heavy atom. The predicted molar refractivity (Wildman–Crippen MR) is 137 cm³/mol. The van der Waals surface area contributed by atoms with Crippen LogP contribution in [-0.2, 0) is 17.1 Å². The molecule has 0 spiro atoms. The number of nitrogens with two attached hydrogens (primary N) is 1. The van der Waals surface area contributed by atoms with E-state index >= 15 is 0 Å². The summed E-state index contributed by atoms with van der Waals surface area (Å²) >= 11 is 1.50. The number of thiophene rings is 1. The average molecular weight is 516 g/mol. The summed E-state index contributed by atoms with van der Waals surface area (Å²) in [6.07, 6.45) is 8.69. The van der Waals surface area contributed by atoms with Crippen molar-refractivity contribution < 1.29 is 8.42 Å². The molecule has 5 N–H and O–H groups in total. The van der Waals surface area contributed by atoms with Crippen molar-refractivity contribution in [1.29, 1.82) is 5.41 Å². The zero-order chi connectivity index (χ0) is 24.7. The van der Waals surface area contributed by atoms with Crippen molar-refractivity contribution in [1.82, 2.24) is 23.8 Å². The summed E-state index contributed by atoms with van der Waals surface area (Å²) < 4.78 is 30.1. The molecule has 2 aliphatic heterocycles. The maximum atomic E-state index is 13.4. The number of aromatic nitrogens is 4. The summed E-state index contributed by atoms with van der Waals surface area (Å²) in [6.45, 7) is 1.72. The third-order valence-corrected chi connectivity index (χ3v) is 9.29. The van der Waals surface area contributed by atoms with Crippen LogP contribution in [0.3, 0.4) is 0 Å². The average Bonchev–Trinajstić information content (AvgIpc) is 3.41. The van der Waals surface area contributed by atoms with Crippen LogP contribution in [0.2, 0.25) is 0 Å². The number of amidine groups is 1. The molecule has 0 saturated carbocycles. The number of imidazole rings is 1. The Morgan fingerprint density at radius 3 is 2.69 bits per heavy atom. The van der Waals surface area contributed by atoms with E-state index in [1.54, 1.807) is 29.0 Å². The molecule has 2 bridgehead atoms. The molecule has 0 unspecified atom stereocenters. The lowest BCUT2D eigenvalue weighted by Crippen LogP contribution is -2.57. The Morgan fingerprint density at radius 1 is 1.29 bits per heavy atom. The van der Waals surface area contributed by atoms with Gasteiger partial charge in [0.2, 0.25) is 11.1 Å². The van der Waals surface area contributed by atoms with E-state index in [1.807, 2.05) is 11.4 Å². The van der Waals surface area contributed by atoms with Gasteiger partial charge < -0.3 is 20.9 Å². The van der Waals surface area contributed by atoms with Crippen LogP contribution in [0, 0.1) is 5.41 Å². The van der Waals surface area contributed by atoms with E-state index in [-0.39, 0.29) is 29.1 Å². The molecule has 2 saturated heterocycles. The first-order valence-corrected chi connectivity index (χ1v) is 13.9. The molecule has 11 nitrogen and oxygen atoms in total. The number of fused-ring (bicyclic) bond motifs is 3. The molecular weight excluding hydrogens is 486 g/mol.